The number of anilines is 1. The van der Waals surface area contributed by atoms with Crippen molar-refractivity contribution in [3.63, 3.8) is 0 Å². The molecular formula is C16H17ClF3N3O3. The van der Waals surface area contributed by atoms with Gasteiger partial charge in [0.25, 0.3) is 5.91 Å². The fourth-order valence-electron chi connectivity index (χ4n) is 2.12. The summed E-state index contributed by atoms with van der Waals surface area (Å²) in [6.07, 6.45) is -3.67. The van der Waals surface area contributed by atoms with E-state index in [9.17, 15) is 22.8 Å². The Balaban J connectivity index is 0.00000338. The number of hydrogen-bond donors (Lipinski definition) is 2. The van der Waals surface area contributed by atoms with Crippen LogP contribution in [0.2, 0.25) is 0 Å². The highest BCUT2D eigenvalue weighted by molar-refractivity contribution is 6.04. The molecule has 1 aromatic heterocycles. The summed E-state index contributed by atoms with van der Waals surface area (Å²) < 4.78 is 42.3. The number of nitrogens with zero attached hydrogens (tertiary/aromatic N) is 1. The third kappa shape index (κ3) is 5.50. The van der Waals surface area contributed by atoms with E-state index in [0.717, 1.165) is 7.05 Å². The Bertz CT molecular complexity index is 777. The second kappa shape index (κ2) is 8.72. The number of alkyl halides is 3. The monoisotopic (exact) mass is 391 g/mol. The molecule has 0 unspecified atom stereocenters. The summed E-state index contributed by atoms with van der Waals surface area (Å²) >= 11 is 0. The van der Waals surface area contributed by atoms with E-state index in [1.807, 2.05) is 0 Å². The number of carbonyl (C=O) groups excluding carboxylic acids is 2. The third-order valence-electron chi connectivity index (χ3n) is 3.31. The molecule has 3 N–H and O–H groups in total. The van der Waals surface area contributed by atoms with Gasteiger partial charge >= 0.3 is 12.1 Å². The largest absolute Gasteiger partial charge is 0.471 e. The standard InChI is InChI=1S/C16H16F3N3O3.ClH/c1-22(15(24)16(17,18)19)8-10-3-2-4-12(5-10)21-14(23)11-6-13(7-20)25-9-11;/h2-6,9H,7-8,20H2,1H3,(H,21,23);1H. The van der Waals surface area contributed by atoms with Crippen LogP contribution in [0, 0.1) is 0 Å². The molecule has 0 aliphatic rings. The highest BCUT2D eigenvalue weighted by Gasteiger charge is 2.41. The summed E-state index contributed by atoms with van der Waals surface area (Å²) in [5.74, 6) is -1.93. The van der Waals surface area contributed by atoms with Crippen LogP contribution in [0.15, 0.2) is 41.0 Å². The minimum absolute atomic E-state index is 0. The van der Waals surface area contributed by atoms with Crippen LogP contribution in [0.4, 0.5) is 18.9 Å². The quantitative estimate of drug-likeness (QED) is 0.820. The molecule has 1 heterocycles. The first-order chi connectivity index (χ1) is 11.7. The molecule has 1 aromatic carbocycles. The van der Waals surface area contributed by atoms with E-state index in [1.165, 1.54) is 18.4 Å². The van der Waals surface area contributed by atoms with Crippen LogP contribution in [-0.2, 0) is 17.9 Å². The van der Waals surface area contributed by atoms with E-state index in [0.29, 0.717) is 21.9 Å². The molecule has 0 atom stereocenters. The molecule has 0 fully saturated rings. The highest BCUT2D eigenvalue weighted by atomic mass is 35.5. The number of amides is 2. The summed E-state index contributed by atoms with van der Waals surface area (Å²) in [5, 5.41) is 2.60. The number of benzene rings is 1. The molecular weight excluding hydrogens is 375 g/mol. The number of hydrogen-bond acceptors (Lipinski definition) is 4. The fourth-order valence-corrected chi connectivity index (χ4v) is 2.12. The molecule has 0 bridgehead atoms. The lowest BCUT2D eigenvalue weighted by atomic mass is 10.2. The van der Waals surface area contributed by atoms with Crippen LogP contribution in [0.25, 0.3) is 0 Å². The van der Waals surface area contributed by atoms with E-state index >= 15 is 0 Å². The normalized spacial score (nSPS) is 10.8. The van der Waals surface area contributed by atoms with Gasteiger partial charge in [0.15, 0.2) is 0 Å². The summed E-state index contributed by atoms with van der Waals surface area (Å²) in [4.78, 5) is 23.8. The van der Waals surface area contributed by atoms with Gasteiger partial charge in [-0.05, 0) is 23.8 Å². The van der Waals surface area contributed by atoms with E-state index in [4.69, 9.17) is 10.2 Å². The molecule has 10 heteroatoms. The Morgan fingerprint density at radius 3 is 2.54 bits per heavy atom. The number of nitrogens with two attached hydrogens (primary N) is 1. The molecule has 2 aromatic rings. The first-order valence-electron chi connectivity index (χ1n) is 7.20. The van der Waals surface area contributed by atoms with Crippen molar-refractivity contribution >= 4 is 29.9 Å². The Hall–Kier alpha value is -2.52. The Morgan fingerprint density at radius 2 is 1.96 bits per heavy atom. The van der Waals surface area contributed by atoms with Gasteiger partial charge in [0.05, 0.1) is 12.1 Å². The number of halogens is 4. The number of carbonyl (C=O) groups is 2. The second-order valence-electron chi connectivity index (χ2n) is 5.32. The molecule has 6 nitrogen and oxygen atoms in total. The Labute approximate surface area is 153 Å². The zero-order chi connectivity index (χ0) is 18.6. The van der Waals surface area contributed by atoms with E-state index < -0.39 is 18.0 Å². The highest BCUT2D eigenvalue weighted by Crippen LogP contribution is 2.20. The predicted octanol–water partition coefficient (Wildman–Crippen LogP) is 2.93. The lowest BCUT2D eigenvalue weighted by Gasteiger charge is -2.19. The van der Waals surface area contributed by atoms with Gasteiger partial charge < -0.3 is 20.4 Å². The summed E-state index contributed by atoms with van der Waals surface area (Å²) in [6.45, 7) is -0.0899. The number of furan rings is 1. The van der Waals surface area contributed by atoms with E-state index in [-0.39, 0.29) is 31.1 Å². The van der Waals surface area contributed by atoms with Gasteiger partial charge in [-0.15, -0.1) is 12.4 Å². The Kier molecular flexibility index (Phi) is 7.22. The van der Waals surface area contributed by atoms with Crippen molar-refractivity contribution in [2.24, 2.45) is 5.73 Å². The summed E-state index contributed by atoms with van der Waals surface area (Å²) in [6, 6.07) is 7.69. The molecule has 142 valence electrons. The van der Waals surface area contributed by atoms with Gasteiger partial charge in [-0.1, -0.05) is 12.1 Å². The van der Waals surface area contributed by atoms with Crippen LogP contribution in [0.3, 0.4) is 0 Å². The van der Waals surface area contributed by atoms with Crippen LogP contribution in [0.1, 0.15) is 21.7 Å². The lowest BCUT2D eigenvalue weighted by molar-refractivity contribution is -0.184. The predicted molar refractivity (Wildman–Crippen MR) is 90.8 cm³/mol. The zero-order valence-electron chi connectivity index (χ0n) is 13.7. The van der Waals surface area contributed by atoms with Crippen molar-refractivity contribution in [2.75, 3.05) is 12.4 Å². The molecule has 26 heavy (non-hydrogen) atoms. The van der Waals surface area contributed by atoms with Crippen LogP contribution < -0.4 is 11.1 Å². The number of rotatable bonds is 5. The van der Waals surface area contributed by atoms with Crippen molar-refractivity contribution in [3.8, 4) is 0 Å². The molecule has 0 saturated heterocycles. The smallest absolute Gasteiger partial charge is 0.467 e. The van der Waals surface area contributed by atoms with Crippen molar-refractivity contribution in [1.82, 2.24) is 4.90 Å². The van der Waals surface area contributed by atoms with Crippen molar-refractivity contribution in [2.45, 2.75) is 19.3 Å². The van der Waals surface area contributed by atoms with Crippen molar-refractivity contribution in [1.29, 1.82) is 0 Å². The van der Waals surface area contributed by atoms with Gasteiger partial charge in [0.2, 0.25) is 0 Å². The minimum Gasteiger partial charge on any atom is -0.467 e. The molecule has 0 spiro atoms. The molecule has 0 aliphatic carbocycles. The SMILES string of the molecule is CN(Cc1cccc(NC(=O)c2coc(CN)c2)c1)C(=O)C(F)(F)F.Cl. The minimum atomic E-state index is -4.93. The van der Waals surface area contributed by atoms with E-state index in [1.54, 1.807) is 18.2 Å². The fraction of sp³-hybridized carbons (Fsp3) is 0.250. The molecule has 0 aliphatic heterocycles. The third-order valence-corrected chi connectivity index (χ3v) is 3.31. The topological polar surface area (TPSA) is 88.6 Å². The van der Waals surface area contributed by atoms with E-state index in [2.05, 4.69) is 5.32 Å². The van der Waals surface area contributed by atoms with Gasteiger partial charge in [-0.2, -0.15) is 13.2 Å². The molecule has 2 rings (SSSR count). The van der Waals surface area contributed by atoms with Gasteiger partial charge in [0, 0.05) is 19.3 Å². The molecule has 0 radical (unpaired) electrons. The van der Waals surface area contributed by atoms with Gasteiger partial charge in [0.1, 0.15) is 12.0 Å². The molecule has 0 saturated carbocycles. The summed E-state index contributed by atoms with van der Waals surface area (Å²) in [5.41, 5.74) is 6.49. The maximum atomic E-state index is 12.4. The zero-order valence-corrected chi connectivity index (χ0v) is 14.5. The van der Waals surface area contributed by atoms with Gasteiger partial charge in [-0.3, -0.25) is 9.59 Å². The maximum absolute atomic E-state index is 12.4. The average Bonchev–Trinajstić information content (AvgIpc) is 3.02. The Morgan fingerprint density at radius 1 is 1.27 bits per heavy atom. The van der Waals surface area contributed by atoms with Crippen molar-refractivity contribution < 1.29 is 27.2 Å². The van der Waals surface area contributed by atoms with Gasteiger partial charge in [-0.25, -0.2) is 0 Å². The van der Waals surface area contributed by atoms with Crippen LogP contribution in [0.5, 0.6) is 0 Å². The van der Waals surface area contributed by atoms with Crippen LogP contribution >= 0.6 is 12.4 Å². The lowest BCUT2D eigenvalue weighted by Crippen LogP contribution is -2.37. The molecule has 2 amide bonds. The maximum Gasteiger partial charge on any atom is 0.471 e. The average molecular weight is 392 g/mol. The van der Waals surface area contributed by atoms with Crippen LogP contribution in [-0.4, -0.2) is 29.9 Å². The number of nitrogens with one attached hydrogen (secondary N) is 1. The second-order valence-corrected chi connectivity index (χ2v) is 5.32. The first-order valence-corrected chi connectivity index (χ1v) is 7.20. The first kappa shape index (κ1) is 21.5. The summed E-state index contributed by atoms with van der Waals surface area (Å²) in [7, 11) is 1.06. The van der Waals surface area contributed by atoms with Crippen molar-refractivity contribution in [3.05, 3.63) is 53.5 Å².